The minimum atomic E-state index is -0.461. The fourth-order valence-electron chi connectivity index (χ4n) is 2.37. The summed E-state index contributed by atoms with van der Waals surface area (Å²) in [6.45, 7) is 11.9. The molecular formula is C18H31NO2. The summed E-state index contributed by atoms with van der Waals surface area (Å²) in [6.07, 6.45) is 1.18. The third-order valence-electron chi connectivity index (χ3n) is 3.77. The third-order valence-corrected chi connectivity index (χ3v) is 3.77. The molecular weight excluding hydrogens is 262 g/mol. The van der Waals surface area contributed by atoms with Crippen LogP contribution in [-0.2, 0) is 5.41 Å². The summed E-state index contributed by atoms with van der Waals surface area (Å²) in [6, 6.07) is 6.43. The first-order chi connectivity index (χ1) is 9.79. The van der Waals surface area contributed by atoms with Crippen LogP contribution in [0.1, 0.15) is 64.5 Å². The van der Waals surface area contributed by atoms with Crippen molar-refractivity contribution in [3.05, 3.63) is 29.3 Å². The van der Waals surface area contributed by atoms with Gasteiger partial charge in [-0.15, -0.1) is 0 Å². The Morgan fingerprint density at radius 3 is 2.48 bits per heavy atom. The normalized spacial score (nSPS) is 14.8. The van der Waals surface area contributed by atoms with Crippen LogP contribution in [-0.4, -0.2) is 24.4 Å². The Kier molecular flexibility index (Phi) is 6.69. The van der Waals surface area contributed by atoms with E-state index in [2.05, 4.69) is 52.8 Å². The van der Waals surface area contributed by atoms with Crippen molar-refractivity contribution in [2.24, 2.45) is 5.73 Å². The molecule has 0 aliphatic heterocycles. The van der Waals surface area contributed by atoms with Gasteiger partial charge in [0.2, 0.25) is 0 Å². The molecule has 3 heteroatoms. The molecule has 3 N–H and O–H groups in total. The molecule has 1 rings (SSSR count). The molecule has 2 atom stereocenters. The number of benzene rings is 1. The van der Waals surface area contributed by atoms with Crippen molar-refractivity contribution < 1.29 is 9.84 Å². The quantitative estimate of drug-likeness (QED) is 0.808. The van der Waals surface area contributed by atoms with Crippen LogP contribution in [0.2, 0.25) is 0 Å². The Bertz CT molecular complexity index is 437. The van der Waals surface area contributed by atoms with Gasteiger partial charge in [0.05, 0.1) is 12.7 Å². The van der Waals surface area contributed by atoms with E-state index in [0.717, 1.165) is 12.2 Å². The van der Waals surface area contributed by atoms with Crippen molar-refractivity contribution in [1.82, 2.24) is 0 Å². The van der Waals surface area contributed by atoms with Gasteiger partial charge in [-0.2, -0.15) is 0 Å². The number of rotatable bonds is 7. The van der Waals surface area contributed by atoms with Crippen molar-refractivity contribution in [1.29, 1.82) is 0 Å². The van der Waals surface area contributed by atoms with E-state index >= 15 is 0 Å². The maximum atomic E-state index is 9.82. The summed E-state index contributed by atoms with van der Waals surface area (Å²) in [5.41, 5.74) is 8.09. The van der Waals surface area contributed by atoms with Gasteiger partial charge < -0.3 is 15.6 Å². The van der Waals surface area contributed by atoms with Gasteiger partial charge in [0.15, 0.2) is 0 Å². The maximum Gasteiger partial charge on any atom is 0.122 e. The Balaban J connectivity index is 3.09. The molecule has 0 saturated heterocycles. The molecule has 120 valence electrons. The SMILES string of the molecule is CCCOc1ccc(C(C)(C)C)cc1C(C)CC(O)CN. The van der Waals surface area contributed by atoms with Crippen molar-refractivity contribution in [3.8, 4) is 5.75 Å². The lowest BCUT2D eigenvalue weighted by Crippen LogP contribution is -2.22. The Hall–Kier alpha value is -1.06. The fourth-order valence-corrected chi connectivity index (χ4v) is 2.37. The lowest BCUT2D eigenvalue weighted by atomic mass is 9.83. The van der Waals surface area contributed by atoms with Gasteiger partial charge in [-0.25, -0.2) is 0 Å². The number of ether oxygens (including phenoxy) is 1. The topological polar surface area (TPSA) is 55.5 Å². The van der Waals surface area contributed by atoms with E-state index in [1.165, 1.54) is 11.1 Å². The first kappa shape index (κ1) is 18.0. The van der Waals surface area contributed by atoms with Gasteiger partial charge in [0.25, 0.3) is 0 Å². The molecule has 0 saturated carbocycles. The highest BCUT2D eigenvalue weighted by Gasteiger charge is 2.20. The summed E-state index contributed by atoms with van der Waals surface area (Å²) in [7, 11) is 0. The van der Waals surface area contributed by atoms with E-state index in [0.29, 0.717) is 19.6 Å². The van der Waals surface area contributed by atoms with E-state index in [-0.39, 0.29) is 11.3 Å². The number of aliphatic hydroxyl groups excluding tert-OH is 1. The molecule has 21 heavy (non-hydrogen) atoms. The van der Waals surface area contributed by atoms with E-state index in [9.17, 15) is 5.11 Å². The minimum absolute atomic E-state index is 0.101. The van der Waals surface area contributed by atoms with Gasteiger partial charge in [-0.1, -0.05) is 46.8 Å². The van der Waals surface area contributed by atoms with E-state index in [4.69, 9.17) is 10.5 Å². The smallest absolute Gasteiger partial charge is 0.122 e. The molecule has 1 aromatic rings. The van der Waals surface area contributed by atoms with Crippen LogP contribution in [0, 0.1) is 0 Å². The molecule has 1 aromatic carbocycles. The molecule has 0 aliphatic rings. The van der Waals surface area contributed by atoms with Crippen molar-refractivity contribution in [3.63, 3.8) is 0 Å². The zero-order valence-corrected chi connectivity index (χ0v) is 14.1. The number of hydrogen-bond acceptors (Lipinski definition) is 3. The number of aliphatic hydroxyl groups is 1. The molecule has 0 spiro atoms. The van der Waals surface area contributed by atoms with Crippen LogP contribution in [0.25, 0.3) is 0 Å². The van der Waals surface area contributed by atoms with Gasteiger partial charge in [0, 0.05) is 6.54 Å². The van der Waals surface area contributed by atoms with Gasteiger partial charge in [-0.3, -0.25) is 0 Å². The van der Waals surface area contributed by atoms with Crippen LogP contribution < -0.4 is 10.5 Å². The second kappa shape index (κ2) is 7.81. The van der Waals surface area contributed by atoms with Crippen LogP contribution in [0.3, 0.4) is 0 Å². The Morgan fingerprint density at radius 1 is 1.29 bits per heavy atom. The zero-order chi connectivity index (χ0) is 16.0. The Morgan fingerprint density at radius 2 is 1.95 bits per heavy atom. The summed E-state index contributed by atoms with van der Waals surface area (Å²) in [5.74, 6) is 1.15. The van der Waals surface area contributed by atoms with Gasteiger partial charge in [0.1, 0.15) is 5.75 Å². The lowest BCUT2D eigenvalue weighted by Gasteiger charge is -2.24. The second-order valence-electron chi connectivity index (χ2n) is 6.88. The summed E-state index contributed by atoms with van der Waals surface area (Å²) in [5, 5.41) is 9.82. The summed E-state index contributed by atoms with van der Waals surface area (Å²) >= 11 is 0. The first-order valence-electron chi connectivity index (χ1n) is 7.95. The van der Waals surface area contributed by atoms with Crippen molar-refractivity contribution in [2.45, 2.75) is 64.9 Å². The summed E-state index contributed by atoms with van der Waals surface area (Å²) < 4.78 is 5.88. The van der Waals surface area contributed by atoms with E-state index in [1.54, 1.807) is 0 Å². The maximum absolute atomic E-state index is 9.82. The molecule has 3 nitrogen and oxygen atoms in total. The zero-order valence-electron chi connectivity index (χ0n) is 14.1. The average molecular weight is 293 g/mol. The molecule has 0 radical (unpaired) electrons. The van der Waals surface area contributed by atoms with E-state index in [1.807, 2.05) is 0 Å². The average Bonchev–Trinajstić information content (AvgIpc) is 2.43. The van der Waals surface area contributed by atoms with E-state index < -0.39 is 6.10 Å². The number of hydrogen-bond donors (Lipinski definition) is 2. The highest BCUT2D eigenvalue weighted by molar-refractivity contribution is 5.41. The standard InChI is InChI=1S/C18H31NO2/c1-6-9-21-17-8-7-14(18(3,4)5)11-16(17)13(2)10-15(20)12-19/h7-8,11,13,15,20H,6,9-10,12,19H2,1-5H3. The summed E-state index contributed by atoms with van der Waals surface area (Å²) in [4.78, 5) is 0. The predicted molar refractivity (Wildman–Crippen MR) is 89.0 cm³/mol. The highest BCUT2D eigenvalue weighted by atomic mass is 16.5. The third kappa shape index (κ3) is 5.33. The number of nitrogens with two attached hydrogens (primary N) is 1. The molecule has 0 bridgehead atoms. The van der Waals surface area contributed by atoms with Crippen LogP contribution in [0.5, 0.6) is 5.75 Å². The molecule has 0 amide bonds. The Labute approximate surface area is 129 Å². The molecule has 0 aliphatic carbocycles. The first-order valence-corrected chi connectivity index (χ1v) is 7.95. The van der Waals surface area contributed by atoms with Crippen LogP contribution in [0.15, 0.2) is 18.2 Å². The largest absolute Gasteiger partial charge is 0.493 e. The lowest BCUT2D eigenvalue weighted by molar-refractivity contribution is 0.164. The fraction of sp³-hybridized carbons (Fsp3) is 0.667. The minimum Gasteiger partial charge on any atom is -0.493 e. The molecule has 0 fully saturated rings. The molecule has 2 unspecified atom stereocenters. The monoisotopic (exact) mass is 293 g/mol. The van der Waals surface area contributed by atoms with Gasteiger partial charge >= 0.3 is 0 Å². The highest BCUT2D eigenvalue weighted by Crippen LogP contribution is 2.34. The van der Waals surface area contributed by atoms with Crippen LogP contribution in [0.4, 0.5) is 0 Å². The van der Waals surface area contributed by atoms with Gasteiger partial charge in [-0.05, 0) is 41.4 Å². The molecule has 0 heterocycles. The van der Waals surface area contributed by atoms with Crippen molar-refractivity contribution >= 4 is 0 Å². The predicted octanol–water partition coefficient (Wildman–Crippen LogP) is 3.59. The van der Waals surface area contributed by atoms with Crippen LogP contribution >= 0.6 is 0 Å². The van der Waals surface area contributed by atoms with Crippen molar-refractivity contribution in [2.75, 3.05) is 13.2 Å². The molecule has 0 aromatic heterocycles. The second-order valence-corrected chi connectivity index (χ2v) is 6.88.